The van der Waals surface area contributed by atoms with Crippen LogP contribution in [0.1, 0.15) is 45.7 Å². The minimum atomic E-state index is -3.78. The topological polar surface area (TPSA) is 118 Å². The number of sulfonamides is 1. The van der Waals surface area contributed by atoms with E-state index in [0.717, 1.165) is 33.5 Å². The minimum absolute atomic E-state index is 0.0586. The Balaban J connectivity index is 1.99. The molecule has 172 valence electrons. The molecule has 0 unspecified atom stereocenters. The fraction of sp³-hybridized carbons (Fsp3) is 0.417. The van der Waals surface area contributed by atoms with Crippen molar-refractivity contribution in [2.45, 2.75) is 52.0 Å². The first-order chi connectivity index (χ1) is 14.7. The molecule has 32 heavy (non-hydrogen) atoms. The van der Waals surface area contributed by atoms with E-state index >= 15 is 0 Å². The molecule has 1 aromatic heterocycles. The van der Waals surface area contributed by atoms with E-state index in [9.17, 15) is 13.5 Å². The SMILES string of the molecule is Cc1ccc(S(=O)(=O)NCC(C)(C)O)cc1-c1cnc(N)c(C2=CC(C(C)(C)C)=NC2)c1. The number of hydrogen-bond donors (Lipinski definition) is 3. The highest BCUT2D eigenvalue weighted by Gasteiger charge is 2.24. The number of aryl methyl sites for hydroxylation is 1. The summed E-state index contributed by atoms with van der Waals surface area (Å²) in [5.74, 6) is 0.415. The number of rotatable bonds is 6. The van der Waals surface area contributed by atoms with Crippen molar-refractivity contribution < 1.29 is 13.5 Å². The molecule has 0 amide bonds. The van der Waals surface area contributed by atoms with E-state index in [0.29, 0.717) is 12.4 Å². The van der Waals surface area contributed by atoms with E-state index in [1.165, 1.54) is 0 Å². The lowest BCUT2D eigenvalue weighted by Gasteiger charge is -2.18. The van der Waals surface area contributed by atoms with Crippen molar-refractivity contribution in [3.05, 3.63) is 47.7 Å². The van der Waals surface area contributed by atoms with Crippen LogP contribution in [-0.2, 0) is 10.0 Å². The molecule has 0 atom stereocenters. The molecule has 0 bridgehead atoms. The number of allylic oxidation sites excluding steroid dienone is 1. The number of nitrogen functional groups attached to an aromatic ring is 1. The van der Waals surface area contributed by atoms with Crippen LogP contribution < -0.4 is 10.5 Å². The normalized spacial score (nSPS) is 15.0. The summed E-state index contributed by atoms with van der Waals surface area (Å²) in [6.07, 6.45) is 3.72. The van der Waals surface area contributed by atoms with Gasteiger partial charge in [0.25, 0.3) is 0 Å². The number of hydrogen-bond acceptors (Lipinski definition) is 6. The summed E-state index contributed by atoms with van der Waals surface area (Å²) in [4.78, 5) is 9.15. The van der Waals surface area contributed by atoms with Gasteiger partial charge in [-0.1, -0.05) is 26.8 Å². The summed E-state index contributed by atoms with van der Waals surface area (Å²) < 4.78 is 28.0. The summed E-state index contributed by atoms with van der Waals surface area (Å²) >= 11 is 0. The number of aliphatic imine (C=N–C) groups is 1. The molecule has 1 aliphatic rings. The van der Waals surface area contributed by atoms with Crippen LogP contribution in [0, 0.1) is 12.3 Å². The quantitative estimate of drug-likeness (QED) is 0.614. The number of benzene rings is 1. The van der Waals surface area contributed by atoms with Crippen molar-refractivity contribution in [1.29, 1.82) is 0 Å². The number of anilines is 1. The van der Waals surface area contributed by atoms with Gasteiger partial charge in [0.05, 0.1) is 17.0 Å². The highest BCUT2D eigenvalue weighted by molar-refractivity contribution is 7.89. The third-order valence-electron chi connectivity index (χ3n) is 5.29. The third kappa shape index (κ3) is 5.43. The lowest BCUT2D eigenvalue weighted by Crippen LogP contribution is -2.38. The Hall–Kier alpha value is -2.55. The van der Waals surface area contributed by atoms with Gasteiger partial charge >= 0.3 is 0 Å². The van der Waals surface area contributed by atoms with E-state index < -0.39 is 15.6 Å². The van der Waals surface area contributed by atoms with Gasteiger partial charge in [-0.05, 0) is 61.7 Å². The molecule has 0 spiro atoms. The number of nitrogens with zero attached hydrogens (tertiary/aromatic N) is 2. The van der Waals surface area contributed by atoms with E-state index in [-0.39, 0.29) is 16.9 Å². The fourth-order valence-electron chi connectivity index (χ4n) is 3.36. The maximum absolute atomic E-state index is 12.8. The van der Waals surface area contributed by atoms with Gasteiger partial charge in [-0.3, -0.25) is 4.99 Å². The first kappa shape index (κ1) is 24.1. The van der Waals surface area contributed by atoms with Crippen molar-refractivity contribution in [3.63, 3.8) is 0 Å². The highest BCUT2D eigenvalue weighted by atomic mass is 32.2. The second kappa shape index (κ2) is 8.42. The first-order valence-electron chi connectivity index (χ1n) is 10.5. The Labute approximate surface area is 190 Å². The summed E-state index contributed by atoms with van der Waals surface area (Å²) in [5, 5.41) is 9.87. The zero-order valence-electron chi connectivity index (χ0n) is 19.5. The first-order valence-corrected chi connectivity index (χ1v) is 12.0. The lowest BCUT2D eigenvalue weighted by atomic mass is 9.89. The van der Waals surface area contributed by atoms with Crippen LogP contribution in [0.15, 0.2) is 46.4 Å². The van der Waals surface area contributed by atoms with Gasteiger partial charge in [0.15, 0.2) is 0 Å². The van der Waals surface area contributed by atoms with Crippen molar-refractivity contribution in [2.24, 2.45) is 10.4 Å². The molecule has 1 aromatic carbocycles. The van der Waals surface area contributed by atoms with Crippen molar-refractivity contribution in [1.82, 2.24) is 9.71 Å². The second-order valence-corrected chi connectivity index (χ2v) is 11.7. The molecule has 2 aromatic rings. The molecule has 8 heteroatoms. The molecular formula is C24H32N4O3S. The molecule has 7 nitrogen and oxygen atoms in total. The Kier molecular flexibility index (Phi) is 6.34. The Bertz CT molecular complexity index is 1200. The minimum Gasteiger partial charge on any atom is -0.389 e. The largest absolute Gasteiger partial charge is 0.389 e. The molecule has 1 aliphatic heterocycles. The van der Waals surface area contributed by atoms with Crippen LogP contribution in [0.3, 0.4) is 0 Å². The summed E-state index contributed by atoms with van der Waals surface area (Å²) in [6.45, 7) is 11.8. The molecule has 3 rings (SSSR count). The standard InChI is InChI=1S/C24H32N4O3S/c1-15-7-8-18(32(30,31)28-14-24(5,6)29)11-19(15)16-9-20(22(25)27-13-16)17-10-21(26-12-17)23(2,3)4/h7-11,13,28-29H,12,14H2,1-6H3,(H2,25,27). The van der Waals surface area contributed by atoms with Crippen LogP contribution in [0.2, 0.25) is 0 Å². The zero-order valence-corrected chi connectivity index (χ0v) is 20.3. The number of nitrogens with one attached hydrogen (secondary N) is 1. The summed E-state index contributed by atoms with van der Waals surface area (Å²) in [7, 11) is -3.78. The highest BCUT2D eigenvalue weighted by Crippen LogP contribution is 2.33. The van der Waals surface area contributed by atoms with Gasteiger partial charge in [0, 0.05) is 35.0 Å². The summed E-state index contributed by atoms with van der Waals surface area (Å²) in [5.41, 5.74) is 10.2. The molecule has 4 N–H and O–H groups in total. The van der Waals surface area contributed by atoms with Crippen LogP contribution in [0.25, 0.3) is 16.7 Å². The molecule has 2 heterocycles. The number of aliphatic hydroxyl groups is 1. The molecule has 0 radical (unpaired) electrons. The van der Waals surface area contributed by atoms with Gasteiger partial charge in [0.1, 0.15) is 5.82 Å². The lowest BCUT2D eigenvalue weighted by molar-refractivity contribution is 0.0857. The van der Waals surface area contributed by atoms with Gasteiger partial charge in [-0.25, -0.2) is 18.1 Å². The van der Waals surface area contributed by atoms with E-state index in [2.05, 4.69) is 41.5 Å². The average molecular weight is 457 g/mol. The Morgan fingerprint density at radius 2 is 1.81 bits per heavy atom. The molecule has 0 aliphatic carbocycles. The van der Waals surface area contributed by atoms with Crippen LogP contribution in [0.5, 0.6) is 0 Å². The molecule has 0 fully saturated rings. The Morgan fingerprint density at radius 3 is 2.41 bits per heavy atom. The zero-order chi connectivity index (χ0) is 23.9. The second-order valence-electron chi connectivity index (χ2n) is 9.89. The predicted molar refractivity (Wildman–Crippen MR) is 130 cm³/mol. The number of aromatic nitrogens is 1. The number of pyridine rings is 1. The van der Waals surface area contributed by atoms with Crippen molar-refractivity contribution >= 4 is 27.1 Å². The van der Waals surface area contributed by atoms with Crippen LogP contribution in [0.4, 0.5) is 5.82 Å². The summed E-state index contributed by atoms with van der Waals surface area (Å²) in [6, 6.07) is 6.89. The van der Waals surface area contributed by atoms with E-state index in [1.807, 2.05) is 13.0 Å². The monoisotopic (exact) mass is 456 g/mol. The number of nitrogens with two attached hydrogens (primary N) is 1. The van der Waals surface area contributed by atoms with Crippen LogP contribution in [-0.4, -0.2) is 42.9 Å². The molecular weight excluding hydrogens is 424 g/mol. The van der Waals surface area contributed by atoms with Gasteiger partial charge in [-0.15, -0.1) is 0 Å². The van der Waals surface area contributed by atoms with Gasteiger partial charge in [-0.2, -0.15) is 0 Å². The Morgan fingerprint density at radius 1 is 1.12 bits per heavy atom. The maximum atomic E-state index is 12.8. The molecule has 0 saturated heterocycles. The average Bonchev–Trinajstić information content (AvgIpc) is 3.17. The van der Waals surface area contributed by atoms with Crippen molar-refractivity contribution in [2.75, 3.05) is 18.8 Å². The third-order valence-corrected chi connectivity index (χ3v) is 6.69. The maximum Gasteiger partial charge on any atom is 0.240 e. The van der Waals surface area contributed by atoms with E-state index in [4.69, 9.17) is 5.73 Å². The smallest absolute Gasteiger partial charge is 0.240 e. The van der Waals surface area contributed by atoms with Gasteiger partial charge in [0.2, 0.25) is 10.0 Å². The van der Waals surface area contributed by atoms with Gasteiger partial charge < -0.3 is 10.8 Å². The van der Waals surface area contributed by atoms with Crippen LogP contribution >= 0.6 is 0 Å². The molecule has 0 saturated carbocycles. The van der Waals surface area contributed by atoms with E-state index in [1.54, 1.807) is 38.2 Å². The fourth-order valence-corrected chi connectivity index (χ4v) is 4.59. The van der Waals surface area contributed by atoms with Crippen molar-refractivity contribution in [3.8, 4) is 11.1 Å². The predicted octanol–water partition coefficient (Wildman–Crippen LogP) is 3.57.